The Bertz CT molecular complexity index is 729. The average Bonchev–Trinajstić information content (AvgIpc) is 3.00. The summed E-state index contributed by atoms with van der Waals surface area (Å²) in [7, 11) is -0.989. The lowest BCUT2D eigenvalue weighted by molar-refractivity contribution is 0.0596. The predicted molar refractivity (Wildman–Crippen MR) is 127 cm³/mol. The zero-order valence-electron chi connectivity index (χ0n) is 19.5. The molecule has 0 unspecified atom stereocenters. The monoisotopic (exact) mass is 434 g/mol. The number of hydrogen-bond donors (Lipinski definition) is 2. The van der Waals surface area contributed by atoms with Gasteiger partial charge in [-0.3, -0.25) is 4.21 Å². The molecule has 1 heterocycles. The van der Waals surface area contributed by atoms with Gasteiger partial charge in [0.15, 0.2) is 0 Å². The van der Waals surface area contributed by atoms with Gasteiger partial charge in [0, 0.05) is 16.6 Å². The van der Waals surface area contributed by atoms with Crippen molar-refractivity contribution < 1.29 is 14.4 Å². The molecule has 1 aliphatic heterocycles. The second-order valence-electron chi connectivity index (χ2n) is 11.0. The molecule has 0 aromatic heterocycles. The fraction of sp³-hybridized carbons (Fsp3) is 0.769. The second kappa shape index (κ2) is 9.42. The standard InChI is InChI=1S/C26H42O3S/c1-18(8-6-14-25(3,4)28)22-12-13-23-20(9-7-15-26(22,23)5)10-11-21-16-30(29)17-24(27)19(21)2/h10-11,18,22-24,27-28H,2,6-9,12-17H2,1,3-5H3/b20-10+,21-11-/t18-,22-,23+,24+,26-,30+/m1/s1. The first-order valence-electron chi connectivity index (χ1n) is 11.9. The summed E-state index contributed by atoms with van der Waals surface area (Å²) in [4.78, 5) is 0. The third-order valence-electron chi connectivity index (χ3n) is 8.15. The van der Waals surface area contributed by atoms with Crippen LogP contribution in [0.1, 0.15) is 79.1 Å². The lowest BCUT2D eigenvalue weighted by Gasteiger charge is -2.44. The maximum Gasteiger partial charge on any atom is 0.0902 e. The second-order valence-corrected chi connectivity index (χ2v) is 12.5. The molecule has 3 fully saturated rings. The molecule has 170 valence electrons. The van der Waals surface area contributed by atoms with E-state index in [2.05, 4.69) is 32.6 Å². The van der Waals surface area contributed by atoms with Crippen molar-refractivity contribution in [3.63, 3.8) is 0 Å². The van der Waals surface area contributed by atoms with Crippen LogP contribution in [0.25, 0.3) is 0 Å². The van der Waals surface area contributed by atoms with E-state index in [9.17, 15) is 14.4 Å². The highest BCUT2D eigenvalue weighted by atomic mass is 32.2. The van der Waals surface area contributed by atoms with Crippen molar-refractivity contribution in [2.75, 3.05) is 11.5 Å². The van der Waals surface area contributed by atoms with E-state index in [1.807, 2.05) is 13.8 Å². The van der Waals surface area contributed by atoms with Crippen LogP contribution in [0.2, 0.25) is 0 Å². The Hall–Kier alpha value is -0.710. The van der Waals surface area contributed by atoms with Gasteiger partial charge in [0.1, 0.15) is 0 Å². The lowest BCUT2D eigenvalue weighted by atomic mass is 9.60. The van der Waals surface area contributed by atoms with E-state index < -0.39 is 22.5 Å². The Kier molecular flexibility index (Phi) is 7.52. The summed E-state index contributed by atoms with van der Waals surface area (Å²) in [5, 5.41) is 20.1. The first kappa shape index (κ1) is 23.9. The van der Waals surface area contributed by atoms with Gasteiger partial charge < -0.3 is 10.2 Å². The summed E-state index contributed by atoms with van der Waals surface area (Å²) in [5.74, 6) is 2.91. The van der Waals surface area contributed by atoms with E-state index in [1.165, 1.54) is 32.1 Å². The number of aliphatic hydroxyl groups excluding tert-OH is 1. The SMILES string of the molecule is C=C1/C(=C\C=C2/CCC[C@]3(C)[C@@H]([C@H](C)CCCC(C)(C)O)CC[C@@H]23)C[S@](=O)C[C@@H]1O. The number of aliphatic hydroxyl groups is 2. The van der Waals surface area contributed by atoms with Gasteiger partial charge in [-0.25, -0.2) is 0 Å². The van der Waals surface area contributed by atoms with Crippen LogP contribution in [0.4, 0.5) is 0 Å². The normalized spacial score (nSPS) is 38.8. The number of hydrogen-bond acceptors (Lipinski definition) is 3. The fourth-order valence-electron chi connectivity index (χ4n) is 6.45. The van der Waals surface area contributed by atoms with Crippen LogP contribution in [0, 0.1) is 23.2 Å². The van der Waals surface area contributed by atoms with E-state index >= 15 is 0 Å². The Balaban J connectivity index is 1.71. The minimum absolute atomic E-state index is 0.320. The van der Waals surface area contributed by atoms with Crippen LogP contribution < -0.4 is 0 Å². The van der Waals surface area contributed by atoms with Gasteiger partial charge in [-0.15, -0.1) is 0 Å². The zero-order valence-corrected chi connectivity index (χ0v) is 20.3. The van der Waals surface area contributed by atoms with E-state index in [0.717, 1.165) is 36.3 Å². The first-order chi connectivity index (χ1) is 14.0. The first-order valence-corrected chi connectivity index (χ1v) is 13.3. The van der Waals surface area contributed by atoms with Crippen molar-refractivity contribution in [2.45, 2.75) is 90.8 Å². The third kappa shape index (κ3) is 5.37. The molecule has 0 amide bonds. The Morgan fingerprint density at radius 3 is 2.77 bits per heavy atom. The average molecular weight is 435 g/mol. The molecule has 3 aliphatic rings. The molecule has 6 atom stereocenters. The van der Waals surface area contributed by atoms with E-state index in [4.69, 9.17) is 0 Å². The molecule has 2 N–H and O–H groups in total. The highest BCUT2D eigenvalue weighted by Crippen LogP contribution is 2.59. The molecule has 0 radical (unpaired) electrons. The summed E-state index contributed by atoms with van der Waals surface area (Å²) in [5.41, 5.74) is 3.05. The van der Waals surface area contributed by atoms with E-state index in [0.29, 0.717) is 28.8 Å². The number of fused-ring (bicyclic) bond motifs is 1. The molecule has 3 rings (SSSR count). The van der Waals surface area contributed by atoms with Crippen LogP contribution in [0.3, 0.4) is 0 Å². The Labute approximate surface area is 186 Å². The molecule has 30 heavy (non-hydrogen) atoms. The van der Waals surface area contributed by atoms with Gasteiger partial charge >= 0.3 is 0 Å². The molecule has 0 aromatic rings. The van der Waals surface area contributed by atoms with Crippen molar-refractivity contribution in [1.82, 2.24) is 0 Å². The summed E-state index contributed by atoms with van der Waals surface area (Å²) in [6, 6.07) is 0. The van der Waals surface area contributed by atoms with Crippen molar-refractivity contribution in [3.8, 4) is 0 Å². The number of allylic oxidation sites excluding steroid dienone is 3. The summed E-state index contributed by atoms with van der Waals surface area (Å²) < 4.78 is 12.0. The van der Waals surface area contributed by atoms with Crippen molar-refractivity contribution in [3.05, 3.63) is 35.5 Å². The Morgan fingerprint density at radius 1 is 1.33 bits per heavy atom. The lowest BCUT2D eigenvalue weighted by Crippen LogP contribution is -2.36. The number of rotatable bonds is 6. The summed E-state index contributed by atoms with van der Waals surface area (Å²) in [6.45, 7) is 12.8. The van der Waals surface area contributed by atoms with Crippen molar-refractivity contribution in [1.29, 1.82) is 0 Å². The fourth-order valence-corrected chi connectivity index (χ4v) is 7.75. The largest absolute Gasteiger partial charge is 0.390 e. The predicted octanol–water partition coefficient (Wildman–Crippen LogP) is 5.31. The molecule has 0 aromatic carbocycles. The molecule has 3 nitrogen and oxygen atoms in total. The quantitative estimate of drug-likeness (QED) is 0.595. The zero-order chi connectivity index (χ0) is 22.1. The maximum atomic E-state index is 12.0. The highest BCUT2D eigenvalue weighted by Gasteiger charge is 2.50. The van der Waals surface area contributed by atoms with Crippen LogP contribution in [0.15, 0.2) is 35.5 Å². The Morgan fingerprint density at radius 2 is 2.07 bits per heavy atom. The van der Waals surface area contributed by atoms with Crippen LogP contribution in [-0.4, -0.2) is 37.6 Å². The van der Waals surface area contributed by atoms with Crippen LogP contribution in [-0.2, 0) is 10.8 Å². The third-order valence-corrected chi connectivity index (χ3v) is 9.47. The highest BCUT2D eigenvalue weighted by molar-refractivity contribution is 7.85. The van der Waals surface area contributed by atoms with Crippen molar-refractivity contribution in [2.24, 2.45) is 23.2 Å². The molecule has 1 saturated heterocycles. The summed E-state index contributed by atoms with van der Waals surface area (Å²) in [6.07, 6.45) is 13.1. The minimum Gasteiger partial charge on any atom is -0.390 e. The summed E-state index contributed by atoms with van der Waals surface area (Å²) >= 11 is 0. The maximum absolute atomic E-state index is 12.0. The minimum atomic E-state index is -0.989. The van der Waals surface area contributed by atoms with Crippen LogP contribution >= 0.6 is 0 Å². The van der Waals surface area contributed by atoms with Crippen LogP contribution in [0.5, 0.6) is 0 Å². The molecule has 2 aliphatic carbocycles. The van der Waals surface area contributed by atoms with Crippen molar-refractivity contribution >= 4 is 10.8 Å². The molecule has 0 spiro atoms. The molecular formula is C26H42O3S. The van der Waals surface area contributed by atoms with Gasteiger partial charge in [0.25, 0.3) is 0 Å². The van der Waals surface area contributed by atoms with Gasteiger partial charge in [-0.1, -0.05) is 51.0 Å². The topological polar surface area (TPSA) is 57.5 Å². The molecule has 4 heteroatoms. The van der Waals surface area contributed by atoms with Gasteiger partial charge in [-0.05, 0) is 86.7 Å². The smallest absolute Gasteiger partial charge is 0.0902 e. The molecule has 2 saturated carbocycles. The van der Waals surface area contributed by atoms with Gasteiger partial charge in [0.05, 0.1) is 17.5 Å². The van der Waals surface area contributed by atoms with E-state index in [1.54, 1.807) is 5.57 Å². The van der Waals surface area contributed by atoms with E-state index in [-0.39, 0.29) is 0 Å². The molecular weight excluding hydrogens is 392 g/mol. The molecule has 0 bridgehead atoms. The van der Waals surface area contributed by atoms with Gasteiger partial charge in [0.2, 0.25) is 0 Å². The van der Waals surface area contributed by atoms with Gasteiger partial charge in [-0.2, -0.15) is 0 Å².